The van der Waals surface area contributed by atoms with Crippen LogP contribution in [0.1, 0.15) is 21.5 Å². The highest BCUT2D eigenvalue weighted by atomic mass is 35.5. The van der Waals surface area contributed by atoms with E-state index < -0.39 is 0 Å². The highest BCUT2D eigenvalue weighted by molar-refractivity contribution is 6.33. The van der Waals surface area contributed by atoms with Gasteiger partial charge in [-0.15, -0.1) is 0 Å². The van der Waals surface area contributed by atoms with Gasteiger partial charge in [0.05, 0.1) is 16.8 Å². The number of carbonyl (C=O) groups excluding carboxylic acids is 1. The summed E-state index contributed by atoms with van der Waals surface area (Å²) < 4.78 is 0. The van der Waals surface area contributed by atoms with Crippen LogP contribution in [0.25, 0.3) is 0 Å². The lowest BCUT2D eigenvalue weighted by atomic mass is 10.1. The number of rotatable bonds is 3. The largest absolute Gasteiger partial charge is 0.508 e. The number of aryl methyl sites for hydroxylation is 1. The molecule has 0 atom stereocenters. The van der Waals surface area contributed by atoms with Crippen LogP contribution in [-0.4, -0.2) is 17.2 Å². The van der Waals surface area contributed by atoms with Gasteiger partial charge in [-0.2, -0.15) is 5.10 Å². The summed E-state index contributed by atoms with van der Waals surface area (Å²) >= 11 is 6.00. The molecule has 0 heterocycles. The maximum atomic E-state index is 11.9. The van der Waals surface area contributed by atoms with Gasteiger partial charge in [-0.3, -0.25) is 4.79 Å². The number of halogens is 1. The Hall–Kier alpha value is -2.33. The molecule has 0 fully saturated rings. The fourth-order valence-corrected chi connectivity index (χ4v) is 1.91. The molecule has 2 rings (SSSR count). The highest BCUT2D eigenvalue weighted by Gasteiger charge is 2.08. The lowest BCUT2D eigenvalue weighted by molar-refractivity contribution is 0.0955. The van der Waals surface area contributed by atoms with Crippen molar-refractivity contribution in [2.45, 2.75) is 6.92 Å². The first-order valence-electron chi connectivity index (χ1n) is 5.95. The molecule has 2 N–H and O–H groups in total. The molecule has 0 bridgehead atoms. The fraction of sp³-hybridized carbons (Fsp3) is 0.0667. The van der Waals surface area contributed by atoms with E-state index in [2.05, 4.69) is 10.5 Å². The van der Waals surface area contributed by atoms with Gasteiger partial charge in [0.2, 0.25) is 0 Å². The van der Waals surface area contributed by atoms with Gasteiger partial charge in [0.25, 0.3) is 5.91 Å². The smallest absolute Gasteiger partial charge is 0.272 e. The molecule has 20 heavy (non-hydrogen) atoms. The van der Waals surface area contributed by atoms with Crippen molar-refractivity contribution in [3.63, 3.8) is 0 Å². The summed E-state index contributed by atoms with van der Waals surface area (Å²) in [5, 5.41) is 13.4. The molecular weight excluding hydrogens is 276 g/mol. The molecule has 4 nitrogen and oxygen atoms in total. The third-order valence-electron chi connectivity index (χ3n) is 2.64. The molecule has 2 aromatic rings. The van der Waals surface area contributed by atoms with Crippen molar-refractivity contribution in [3.05, 3.63) is 64.2 Å². The molecule has 0 saturated carbocycles. The maximum Gasteiger partial charge on any atom is 0.272 e. The number of phenols is 1. The van der Waals surface area contributed by atoms with E-state index in [1.807, 2.05) is 13.0 Å². The molecule has 0 aliphatic carbocycles. The Morgan fingerprint density at radius 2 is 1.95 bits per heavy atom. The van der Waals surface area contributed by atoms with Gasteiger partial charge < -0.3 is 5.11 Å². The minimum atomic E-state index is -0.370. The summed E-state index contributed by atoms with van der Waals surface area (Å²) in [6.45, 7) is 1.90. The lowest BCUT2D eigenvalue weighted by Gasteiger charge is -2.03. The first kappa shape index (κ1) is 14.1. The zero-order chi connectivity index (χ0) is 14.5. The predicted octanol–water partition coefficient (Wildman–Crippen LogP) is 3.12. The Balaban J connectivity index is 2.03. The predicted molar refractivity (Wildman–Crippen MR) is 79.4 cm³/mol. The quantitative estimate of drug-likeness (QED) is 0.673. The molecule has 102 valence electrons. The van der Waals surface area contributed by atoms with Gasteiger partial charge in [-0.25, -0.2) is 5.43 Å². The van der Waals surface area contributed by atoms with Crippen LogP contribution in [0, 0.1) is 6.92 Å². The van der Waals surface area contributed by atoms with Crippen LogP contribution in [-0.2, 0) is 0 Å². The van der Waals surface area contributed by atoms with E-state index in [9.17, 15) is 4.79 Å². The molecular formula is C15H13ClN2O2. The van der Waals surface area contributed by atoms with Gasteiger partial charge >= 0.3 is 0 Å². The summed E-state index contributed by atoms with van der Waals surface area (Å²) in [6, 6.07) is 11.6. The summed E-state index contributed by atoms with van der Waals surface area (Å²) in [7, 11) is 0. The Labute approximate surface area is 121 Å². The Bertz CT molecular complexity index is 651. The summed E-state index contributed by atoms with van der Waals surface area (Å²) in [4.78, 5) is 11.9. The van der Waals surface area contributed by atoms with Crippen molar-refractivity contribution < 1.29 is 9.90 Å². The van der Waals surface area contributed by atoms with Crippen LogP contribution < -0.4 is 5.43 Å². The molecule has 2 aromatic carbocycles. The molecule has 5 heteroatoms. The van der Waals surface area contributed by atoms with E-state index in [1.54, 1.807) is 36.4 Å². The monoisotopic (exact) mass is 288 g/mol. The molecule has 0 unspecified atom stereocenters. The summed E-state index contributed by atoms with van der Waals surface area (Å²) in [5.41, 5.74) is 4.53. The second-order valence-corrected chi connectivity index (χ2v) is 4.68. The van der Waals surface area contributed by atoms with Gasteiger partial charge in [0, 0.05) is 0 Å². The minimum Gasteiger partial charge on any atom is -0.508 e. The van der Waals surface area contributed by atoms with Crippen molar-refractivity contribution >= 4 is 23.7 Å². The number of benzene rings is 2. The van der Waals surface area contributed by atoms with Gasteiger partial charge in [0.1, 0.15) is 5.75 Å². The number of nitrogens with one attached hydrogen (secondary N) is 1. The van der Waals surface area contributed by atoms with Crippen LogP contribution in [0.4, 0.5) is 0 Å². The van der Waals surface area contributed by atoms with E-state index in [1.165, 1.54) is 6.21 Å². The third-order valence-corrected chi connectivity index (χ3v) is 2.95. The number of phenolic OH excluding ortho intramolecular Hbond substituents is 1. The summed E-state index contributed by atoms with van der Waals surface area (Å²) in [5.74, 6) is -0.192. The van der Waals surface area contributed by atoms with Crippen LogP contribution >= 0.6 is 11.6 Å². The molecule has 1 amide bonds. The topological polar surface area (TPSA) is 61.7 Å². The number of nitrogens with zero attached hydrogens (tertiary/aromatic N) is 1. The van der Waals surface area contributed by atoms with Crippen molar-refractivity contribution in [1.82, 2.24) is 5.43 Å². The standard InChI is InChI=1S/C15H13ClN2O2/c1-10-2-7-13(14(16)8-10)15(20)18-17-9-11-3-5-12(19)6-4-11/h2-9,19H,1H3,(H,18,20)/b17-9+. The van der Waals surface area contributed by atoms with E-state index in [-0.39, 0.29) is 11.7 Å². The van der Waals surface area contributed by atoms with E-state index in [0.717, 1.165) is 11.1 Å². The van der Waals surface area contributed by atoms with Gasteiger partial charge in [-0.1, -0.05) is 17.7 Å². The Morgan fingerprint density at radius 1 is 1.25 bits per heavy atom. The second kappa shape index (κ2) is 6.21. The van der Waals surface area contributed by atoms with Crippen LogP contribution in [0.3, 0.4) is 0 Å². The highest BCUT2D eigenvalue weighted by Crippen LogP contribution is 2.17. The van der Waals surface area contributed by atoms with Crippen LogP contribution in [0.5, 0.6) is 5.75 Å². The van der Waals surface area contributed by atoms with Crippen LogP contribution in [0.2, 0.25) is 5.02 Å². The van der Waals surface area contributed by atoms with E-state index in [4.69, 9.17) is 16.7 Å². The zero-order valence-corrected chi connectivity index (χ0v) is 11.6. The number of aromatic hydroxyl groups is 1. The number of carbonyl (C=O) groups is 1. The second-order valence-electron chi connectivity index (χ2n) is 4.27. The summed E-state index contributed by atoms with van der Waals surface area (Å²) in [6.07, 6.45) is 1.49. The van der Waals surface area contributed by atoms with Gasteiger partial charge in [-0.05, 0) is 54.4 Å². The van der Waals surface area contributed by atoms with Crippen molar-refractivity contribution in [1.29, 1.82) is 0 Å². The first-order chi connectivity index (χ1) is 9.56. The van der Waals surface area contributed by atoms with Crippen molar-refractivity contribution in [2.75, 3.05) is 0 Å². The fourth-order valence-electron chi connectivity index (χ4n) is 1.59. The Kier molecular flexibility index (Phi) is 4.38. The number of hydrazone groups is 1. The number of hydrogen-bond acceptors (Lipinski definition) is 3. The average Bonchev–Trinajstić information content (AvgIpc) is 2.41. The normalized spacial score (nSPS) is 10.7. The Morgan fingerprint density at radius 3 is 2.60 bits per heavy atom. The van der Waals surface area contributed by atoms with Crippen molar-refractivity contribution in [3.8, 4) is 5.75 Å². The van der Waals surface area contributed by atoms with E-state index >= 15 is 0 Å². The molecule has 0 aromatic heterocycles. The minimum absolute atomic E-state index is 0.178. The van der Waals surface area contributed by atoms with E-state index in [0.29, 0.717) is 10.6 Å². The molecule has 0 aliphatic heterocycles. The average molecular weight is 289 g/mol. The zero-order valence-electron chi connectivity index (χ0n) is 10.8. The molecule has 0 spiro atoms. The number of amides is 1. The number of hydrogen-bond donors (Lipinski definition) is 2. The van der Waals surface area contributed by atoms with Crippen LogP contribution in [0.15, 0.2) is 47.6 Å². The molecule has 0 saturated heterocycles. The van der Waals surface area contributed by atoms with Crippen molar-refractivity contribution in [2.24, 2.45) is 5.10 Å². The SMILES string of the molecule is Cc1ccc(C(=O)N/N=C/c2ccc(O)cc2)c(Cl)c1. The van der Waals surface area contributed by atoms with Gasteiger partial charge in [0.15, 0.2) is 0 Å². The lowest BCUT2D eigenvalue weighted by Crippen LogP contribution is -2.18. The maximum absolute atomic E-state index is 11.9. The molecule has 0 aliphatic rings. The third kappa shape index (κ3) is 3.59. The first-order valence-corrected chi connectivity index (χ1v) is 6.32. The molecule has 0 radical (unpaired) electrons.